The highest BCUT2D eigenvalue weighted by molar-refractivity contribution is 6.30. The number of aromatic nitrogens is 1. The number of pyridine rings is 1. The zero-order valence-corrected chi connectivity index (χ0v) is 11.9. The standard InChI is InChI=1S/C15H15ClN2O2/c1-18-10-12(5-6-15(18)20)9-17-14(19)8-11-3-2-4-13(16)7-11/h2-7,10H,8-9H2,1H3,(H,17,19). The monoisotopic (exact) mass is 290 g/mol. The second kappa shape index (κ2) is 6.39. The minimum atomic E-state index is -0.0823. The van der Waals surface area contributed by atoms with E-state index in [1.165, 1.54) is 10.6 Å². The molecule has 0 atom stereocenters. The average Bonchev–Trinajstić information content (AvgIpc) is 2.40. The van der Waals surface area contributed by atoms with Crippen LogP contribution in [0.15, 0.2) is 47.4 Å². The van der Waals surface area contributed by atoms with Crippen LogP contribution in [-0.2, 0) is 24.8 Å². The summed E-state index contributed by atoms with van der Waals surface area (Å²) in [6, 6.07) is 10.4. The fourth-order valence-electron chi connectivity index (χ4n) is 1.85. The van der Waals surface area contributed by atoms with Crippen molar-refractivity contribution in [3.05, 3.63) is 69.1 Å². The first-order valence-corrected chi connectivity index (χ1v) is 6.59. The summed E-state index contributed by atoms with van der Waals surface area (Å²) in [6.45, 7) is 0.396. The molecule has 20 heavy (non-hydrogen) atoms. The van der Waals surface area contributed by atoms with Crippen molar-refractivity contribution in [3.63, 3.8) is 0 Å². The Morgan fingerprint density at radius 2 is 2.05 bits per heavy atom. The van der Waals surface area contributed by atoms with Crippen LogP contribution in [0, 0.1) is 0 Å². The normalized spacial score (nSPS) is 10.3. The molecule has 104 valence electrons. The van der Waals surface area contributed by atoms with Crippen molar-refractivity contribution in [1.29, 1.82) is 0 Å². The van der Waals surface area contributed by atoms with E-state index >= 15 is 0 Å². The SMILES string of the molecule is Cn1cc(CNC(=O)Cc2cccc(Cl)c2)ccc1=O. The fourth-order valence-corrected chi connectivity index (χ4v) is 2.06. The zero-order valence-electron chi connectivity index (χ0n) is 11.1. The van der Waals surface area contributed by atoms with Crippen LogP contribution in [-0.4, -0.2) is 10.5 Å². The first kappa shape index (κ1) is 14.3. The number of aryl methyl sites for hydroxylation is 1. The maximum Gasteiger partial charge on any atom is 0.250 e. The van der Waals surface area contributed by atoms with Gasteiger partial charge in [-0.1, -0.05) is 29.8 Å². The number of hydrogen-bond acceptors (Lipinski definition) is 2. The number of nitrogens with one attached hydrogen (secondary N) is 1. The Morgan fingerprint density at radius 3 is 2.75 bits per heavy atom. The van der Waals surface area contributed by atoms with Crippen LogP contribution in [0.2, 0.25) is 5.02 Å². The van der Waals surface area contributed by atoms with Crippen molar-refractivity contribution in [2.45, 2.75) is 13.0 Å². The third-order valence-electron chi connectivity index (χ3n) is 2.89. The maximum atomic E-state index is 11.8. The number of carbonyl (C=O) groups excluding carboxylic acids is 1. The molecule has 0 saturated carbocycles. The van der Waals surface area contributed by atoms with E-state index in [1.807, 2.05) is 12.1 Å². The predicted molar refractivity (Wildman–Crippen MR) is 78.7 cm³/mol. The van der Waals surface area contributed by atoms with Crippen molar-refractivity contribution < 1.29 is 4.79 Å². The number of benzene rings is 1. The van der Waals surface area contributed by atoms with Gasteiger partial charge in [0.2, 0.25) is 11.5 Å². The van der Waals surface area contributed by atoms with E-state index in [-0.39, 0.29) is 17.9 Å². The summed E-state index contributed by atoms with van der Waals surface area (Å²) in [6.07, 6.45) is 1.99. The topological polar surface area (TPSA) is 51.1 Å². The molecule has 0 saturated heterocycles. The fraction of sp³-hybridized carbons (Fsp3) is 0.200. The van der Waals surface area contributed by atoms with Crippen LogP contribution >= 0.6 is 11.6 Å². The molecular formula is C15H15ClN2O2. The molecule has 0 fully saturated rings. The Hall–Kier alpha value is -2.07. The quantitative estimate of drug-likeness (QED) is 0.935. The van der Waals surface area contributed by atoms with Gasteiger partial charge in [-0.25, -0.2) is 0 Å². The van der Waals surface area contributed by atoms with E-state index in [9.17, 15) is 9.59 Å². The van der Waals surface area contributed by atoms with Gasteiger partial charge in [0.15, 0.2) is 0 Å². The average molecular weight is 291 g/mol. The molecule has 1 amide bonds. The number of carbonyl (C=O) groups is 1. The summed E-state index contributed by atoms with van der Waals surface area (Å²) in [5.74, 6) is -0.0823. The highest BCUT2D eigenvalue weighted by Gasteiger charge is 2.04. The van der Waals surface area contributed by atoms with Gasteiger partial charge in [-0.15, -0.1) is 0 Å². The minimum absolute atomic E-state index is 0.0704. The smallest absolute Gasteiger partial charge is 0.250 e. The van der Waals surface area contributed by atoms with E-state index in [2.05, 4.69) is 5.32 Å². The van der Waals surface area contributed by atoms with Crippen LogP contribution in [0.5, 0.6) is 0 Å². The molecule has 0 aliphatic rings. The highest BCUT2D eigenvalue weighted by Crippen LogP contribution is 2.11. The van der Waals surface area contributed by atoms with Crippen LogP contribution in [0.25, 0.3) is 0 Å². The highest BCUT2D eigenvalue weighted by atomic mass is 35.5. The molecule has 0 spiro atoms. The number of rotatable bonds is 4. The van der Waals surface area contributed by atoms with Gasteiger partial charge in [0.05, 0.1) is 6.42 Å². The lowest BCUT2D eigenvalue weighted by Crippen LogP contribution is -2.25. The summed E-state index contributed by atoms with van der Waals surface area (Å²) in [4.78, 5) is 23.1. The van der Waals surface area contributed by atoms with E-state index < -0.39 is 0 Å². The number of halogens is 1. The van der Waals surface area contributed by atoms with Crippen LogP contribution in [0.4, 0.5) is 0 Å². The minimum Gasteiger partial charge on any atom is -0.352 e. The van der Waals surface area contributed by atoms with Gasteiger partial charge < -0.3 is 9.88 Å². The molecule has 2 aromatic rings. The Kier molecular flexibility index (Phi) is 4.58. The molecule has 5 heteroatoms. The van der Waals surface area contributed by atoms with Gasteiger partial charge in [0, 0.05) is 30.9 Å². The lowest BCUT2D eigenvalue weighted by molar-refractivity contribution is -0.120. The summed E-state index contributed by atoms with van der Waals surface area (Å²) in [5, 5.41) is 3.44. The van der Waals surface area contributed by atoms with Gasteiger partial charge in [-0.05, 0) is 23.3 Å². The first-order chi connectivity index (χ1) is 9.54. The van der Waals surface area contributed by atoms with Crippen molar-refractivity contribution in [1.82, 2.24) is 9.88 Å². The summed E-state index contributed by atoms with van der Waals surface area (Å²) in [7, 11) is 1.68. The third kappa shape index (κ3) is 3.96. The summed E-state index contributed by atoms with van der Waals surface area (Å²) in [5.41, 5.74) is 1.68. The Balaban J connectivity index is 1.92. The zero-order chi connectivity index (χ0) is 14.5. The van der Waals surface area contributed by atoms with E-state index in [1.54, 1.807) is 31.4 Å². The molecule has 1 aromatic heterocycles. The summed E-state index contributed by atoms with van der Waals surface area (Å²) < 4.78 is 1.48. The van der Waals surface area contributed by atoms with Gasteiger partial charge in [-0.3, -0.25) is 9.59 Å². The van der Waals surface area contributed by atoms with Gasteiger partial charge >= 0.3 is 0 Å². The van der Waals surface area contributed by atoms with Crippen molar-refractivity contribution >= 4 is 17.5 Å². The number of hydrogen-bond donors (Lipinski definition) is 1. The second-order valence-corrected chi connectivity index (χ2v) is 5.01. The van der Waals surface area contributed by atoms with Crippen LogP contribution in [0.1, 0.15) is 11.1 Å². The van der Waals surface area contributed by atoms with Crippen molar-refractivity contribution in [3.8, 4) is 0 Å². The van der Waals surface area contributed by atoms with Gasteiger partial charge in [-0.2, -0.15) is 0 Å². The first-order valence-electron chi connectivity index (χ1n) is 6.21. The molecule has 1 N–H and O–H groups in total. The lowest BCUT2D eigenvalue weighted by atomic mass is 10.1. The second-order valence-electron chi connectivity index (χ2n) is 4.57. The molecule has 0 aliphatic carbocycles. The molecule has 0 radical (unpaired) electrons. The maximum absolute atomic E-state index is 11.8. The van der Waals surface area contributed by atoms with Gasteiger partial charge in [0.1, 0.15) is 0 Å². The largest absolute Gasteiger partial charge is 0.352 e. The Morgan fingerprint density at radius 1 is 1.25 bits per heavy atom. The van der Waals surface area contributed by atoms with Crippen molar-refractivity contribution in [2.24, 2.45) is 7.05 Å². The van der Waals surface area contributed by atoms with Gasteiger partial charge in [0.25, 0.3) is 0 Å². The van der Waals surface area contributed by atoms with E-state index in [0.29, 0.717) is 11.6 Å². The molecule has 1 heterocycles. The molecule has 0 unspecified atom stereocenters. The van der Waals surface area contributed by atoms with Crippen LogP contribution < -0.4 is 10.9 Å². The van der Waals surface area contributed by atoms with Crippen LogP contribution in [0.3, 0.4) is 0 Å². The van der Waals surface area contributed by atoms with E-state index in [0.717, 1.165) is 11.1 Å². The third-order valence-corrected chi connectivity index (χ3v) is 3.13. The van der Waals surface area contributed by atoms with E-state index in [4.69, 9.17) is 11.6 Å². The Bertz CT molecular complexity index is 680. The molecule has 0 aliphatic heterocycles. The molecule has 2 rings (SSSR count). The van der Waals surface area contributed by atoms with Crippen molar-refractivity contribution in [2.75, 3.05) is 0 Å². The summed E-state index contributed by atoms with van der Waals surface area (Å²) >= 11 is 5.87. The number of nitrogens with zero attached hydrogens (tertiary/aromatic N) is 1. The molecular weight excluding hydrogens is 276 g/mol. The number of amides is 1. The molecule has 0 bridgehead atoms. The Labute approximate surface area is 122 Å². The molecule has 4 nitrogen and oxygen atoms in total. The predicted octanol–water partition coefficient (Wildman–Crippen LogP) is 1.90. The molecule has 1 aromatic carbocycles. The lowest BCUT2D eigenvalue weighted by Gasteiger charge is -2.07.